The normalized spacial score (nSPS) is 20.9. The fourth-order valence-electron chi connectivity index (χ4n) is 9.02. The van der Waals surface area contributed by atoms with Crippen LogP contribution in [0.15, 0.2) is 140 Å². The Labute approximate surface area is 380 Å². The minimum atomic E-state index is -1.57. The monoisotopic (exact) mass is 880 g/mol. The molecule has 5 aromatic carbocycles. The first-order chi connectivity index (χ1) is 31.4. The number of rotatable bonds is 16. The smallest absolute Gasteiger partial charge is 0.320 e. The Morgan fingerprint density at radius 3 is 1.91 bits per heavy atom. The molecule has 0 aliphatic carbocycles. The fraction of sp³-hybridized carbons (Fsp3) is 0.352. The number of carbonyl (C=O) groups is 1. The number of ether oxygens (including phenoxy) is 5. The molecule has 3 aliphatic heterocycles. The second-order valence-electron chi connectivity index (χ2n) is 17.1. The molecule has 332 valence electrons. The SMILES string of the molecule is Cc1cc(OCc2ccccc2)c([C@@H]2O[C@H](COCc3ccccc3)[C@@H](F)[C@H](OCc3ccccc3)[C@H]2OCc2ccccc2)cc1Cc1cc2c(s1)CCN(C(=O)N1CCCC1)C2. The summed E-state index contributed by atoms with van der Waals surface area (Å²) in [6.07, 6.45) is -1.48. The molecule has 9 rings (SSSR count). The van der Waals surface area contributed by atoms with E-state index in [1.807, 2.05) is 142 Å². The lowest BCUT2D eigenvalue weighted by molar-refractivity contribution is -0.248. The predicted molar refractivity (Wildman–Crippen MR) is 248 cm³/mol. The highest BCUT2D eigenvalue weighted by atomic mass is 32.1. The number of carbonyl (C=O) groups excluding carboxylic acids is 1. The summed E-state index contributed by atoms with van der Waals surface area (Å²) in [5.41, 5.74) is 8.09. The number of urea groups is 1. The van der Waals surface area contributed by atoms with Gasteiger partial charge in [0, 0.05) is 47.9 Å². The molecule has 4 heterocycles. The van der Waals surface area contributed by atoms with Crippen molar-refractivity contribution in [3.05, 3.63) is 194 Å². The van der Waals surface area contributed by atoms with E-state index < -0.39 is 30.6 Å². The van der Waals surface area contributed by atoms with Gasteiger partial charge in [0.15, 0.2) is 6.17 Å². The largest absolute Gasteiger partial charge is 0.489 e. The Kier molecular flexibility index (Phi) is 14.5. The maximum absolute atomic E-state index is 17.3. The molecular weight excluding hydrogens is 824 g/mol. The van der Waals surface area contributed by atoms with Crippen LogP contribution in [0.2, 0.25) is 0 Å². The first kappa shape index (κ1) is 43.9. The molecule has 6 aromatic rings. The number of amides is 2. The summed E-state index contributed by atoms with van der Waals surface area (Å²) in [5, 5.41) is 0. The average molecular weight is 881 g/mol. The Morgan fingerprint density at radius 2 is 1.28 bits per heavy atom. The molecular formula is C54H57FN2O6S. The highest BCUT2D eigenvalue weighted by molar-refractivity contribution is 7.12. The van der Waals surface area contributed by atoms with Crippen LogP contribution >= 0.6 is 11.3 Å². The Bertz CT molecular complexity index is 2410. The Balaban J connectivity index is 1.07. The summed E-state index contributed by atoms with van der Waals surface area (Å²) < 4.78 is 50.7. The van der Waals surface area contributed by atoms with Gasteiger partial charge in [0.2, 0.25) is 0 Å². The van der Waals surface area contributed by atoms with Gasteiger partial charge in [-0.2, -0.15) is 0 Å². The highest BCUT2D eigenvalue weighted by Gasteiger charge is 2.49. The second-order valence-corrected chi connectivity index (χ2v) is 18.4. The topological polar surface area (TPSA) is 69.7 Å². The van der Waals surface area contributed by atoms with E-state index in [0.29, 0.717) is 31.9 Å². The van der Waals surface area contributed by atoms with Gasteiger partial charge in [-0.15, -0.1) is 11.3 Å². The van der Waals surface area contributed by atoms with Crippen LogP contribution in [0.3, 0.4) is 0 Å². The lowest BCUT2D eigenvalue weighted by Gasteiger charge is -2.44. The van der Waals surface area contributed by atoms with Crippen LogP contribution in [0.5, 0.6) is 5.75 Å². The van der Waals surface area contributed by atoms with Gasteiger partial charge in [0.1, 0.15) is 36.8 Å². The number of hydrogen-bond donors (Lipinski definition) is 0. The van der Waals surface area contributed by atoms with Crippen molar-refractivity contribution in [3.63, 3.8) is 0 Å². The zero-order valence-corrected chi connectivity index (χ0v) is 37.3. The van der Waals surface area contributed by atoms with Gasteiger partial charge in [0.05, 0.1) is 26.4 Å². The van der Waals surface area contributed by atoms with E-state index in [2.05, 4.69) is 25.1 Å². The molecule has 0 unspecified atom stereocenters. The van der Waals surface area contributed by atoms with Crippen molar-refractivity contribution in [2.75, 3.05) is 26.2 Å². The van der Waals surface area contributed by atoms with Crippen molar-refractivity contribution in [2.24, 2.45) is 0 Å². The number of likely N-dealkylation sites (tertiary alicyclic amines) is 1. The van der Waals surface area contributed by atoms with Gasteiger partial charge < -0.3 is 33.5 Å². The lowest BCUT2D eigenvalue weighted by Crippen LogP contribution is -2.55. The minimum absolute atomic E-state index is 0.0140. The van der Waals surface area contributed by atoms with E-state index >= 15 is 4.39 Å². The molecule has 5 atom stereocenters. The van der Waals surface area contributed by atoms with Crippen LogP contribution in [-0.4, -0.2) is 66.6 Å². The summed E-state index contributed by atoms with van der Waals surface area (Å²) in [4.78, 5) is 19.9. The van der Waals surface area contributed by atoms with Gasteiger partial charge >= 0.3 is 6.03 Å². The van der Waals surface area contributed by atoms with Crippen molar-refractivity contribution >= 4 is 17.4 Å². The van der Waals surface area contributed by atoms with Gasteiger partial charge in [0.25, 0.3) is 0 Å². The van der Waals surface area contributed by atoms with Gasteiger partial charge in [-0.3, -0.25) is 0 Å². The van der Waals surface area contributed by atoms with Crippen molar-refractivity contribution in [3.8, 4) is 5.75 Å². The zero-order valence-electron chi connectivity index (χ0n) is 36.5. The van der Waals surface area contributed by atoms with Crippen LogP contribution < -0.4 is 4.74 Å². The molecule has 0 N–H and O–H groups in total. The highest BCUT2D eigenvalue weighted by Crippen LogP contribution is 2.43. The number of benzene rings is 5. The van der Waals surface area contributed by atoms with Crippen LogP contribution in [0, 0.1) is 6.92 Å². The van der Waals surface area contributed by atoms with E-state index in [4.69, 9.17) is 23.7 Å². The number of aryl methyl sites for hydroxylation is 1. The quantitative estimate of drug-likeness (QED) is 0.0965. The summed E-state index contributed by atoms with van der Waals surface area (Å²) in [7, 11) is 0. The molecule has 64 heavy (non-hydrogen) atoms. The zero-order chi connectivity index (χ0) is 43.7. The molecule has 2 amide bonds. The standard InChI is InChI=1S/C54H57FN2O6S/c1-38-28-47(60-34-40-18-8-3-9-19-40)46(31-43(38)29-45-30-44-32-57(27-24-49(44)64-45)54(58)56-25-14-15-26-56)51-53(62-36-42-22-12-5-13-23-42)52(61-35-41-20-10-4-11-21-41)50(55)48(63-51)37-59-33-39-16-6-2-7-17-39/h2-13,16-23,28,30-31,48,50-53H,14-15,24-27,29,32-37H2,1H3/t48-,50-,51+,52+,53+/m1/s1. The maximum Gasteiger partial charge on any atom is 0.320 e. The maximum atomic E-state index is 17.3. The van der Waals surface area contributed by atoms with Gasteiger partial charge in [-0.25, -0.2) is 9.18 Å². The van der Waals surface area contributed by atoms with E-state index in [9.17, 15) is 4.79 Å². The molecule has 0 saturated carbocycles. The number of nitrogens with zero attached hydrogens (tertiary/aromatic N) is 2. The van der Waals surface area contributed by atoms with Gasteiger partial charge in [-0.05, 0) is 83.3 Å². The minimum Gasteiger partial charge on any atom is -0.489 e. The van der Waals surface area contributed by atoms with Crippen LogP contribution in [0.1, 0.15) is 73.2 Å². The molecule has 2 saturated heterocycles. The van der Waals surface area contributed by atoms with Crippen LogP contribution in [0.4, 0.5) is 9.18 Å². The predicted octanol–water partition coefficient (Wildman–Crippen LogP) is 11.0. The molecule has 8 nitrogen and oxygen atoms in total. The third-order valence-corrected chi connectivity index (χ3v) is 13.8. The van der Waals surface area contributed by atoms with Crippen molar-refractivity contribution < 1.29 is 32.9 Å². The second kappa shape index (κ2) is 21.1. The van der Waals surface area contributed by atoms with Crippen molar-refractivity contribution in [1.82, 2.24) is 9.80 Å². The summed E-state index contributed by atoms with van der Waals surface area (Å²) >= 11 is 1.83. The molecule has 1 aromatic heterocycles. The molecule has 0 spiro atoms. The van der Waals surface area contributed by atoms with Crippen molar-refractivity contribution in [2.45, 2.75) is 96.2 Å². The summed E-state index contributed by atoms with van der Waals surface area (Å²) in [5.74, 6) is 0.646. The first-order valence-electron chi connectivity index (χ1n) is 22.6. The Hall–Kier alpha value is -5.36. The molecule has 0 radical (unpaired) electrons. The van der Waals surface area contributed by atoms with E-state index in [1.54, 1.807) is 0 Å². The average Bonchev–Trinajstić information content (AvgIpc) is 4.03. The van der Waals surface area contributed by atoms with E-state index in [1.165, 1.54) is 15.3 Å². The first-order valence-corrected chi connectivity index (χ1v) is 23.4. The third-order valence-electron chi connectivity index (χ3n) is 12.5. The molecule has 3 aliphatic rings. The summed E-state index contributed by atoms with van der Waals surface area (Å²) in [6.45, 7) is 6.28. The molecule has 0 bridgehead atoms. The van der Waals surface area contributed by atoms with Crippen LogP contribution in [-0.2, 0) is 64.8 Å². The van der Waals surface area contributed by atoms with Crippen molar-refractivity contribution in [1.29, 1.82) is 0 Å². The van der Waals surface area contributed by atoms with Crippen LogP contribution in [0.25, 0.3) is 0 Å². The number of hydrogen-bond acceptors (Lipinski definition) is 7. The molecule has 2 fully saturated rings. The Morgan fingerprint density at radius 1 is 0.703 bits per heavy atom. The third kappa shape index (κ3) is 10.8. The van der Waals surface area contributed by atoms with E-state index in [-0.39, 0.29) is 25.9 Å². The number of alkyl halides is 1. The number of fused-ring (bicyclic) bond motifs is 1. The number of thiophene rings is 1. The lowest BCUT2D eigenvalue weighted by atomic mass is 9.88. The number of halogens is 1. The summed E-state index contributed by atoms with van der Waals surface area (Å²) in [6, 6.07) is 46.5. The van der Waals surface area contributed by atoms with E-state index in [0.717, 1.165) is 77.8 Å². The molecule has 10 heteroatoms. The fourth-order valence-corrected chi connectivity index (χ4v) is 10.2. The van der Waals surface area contributed by atoms with Gasteiger partial charge in [-0.1, -0.05) is 121 Å².